The molecule has 0 radical (unpaired) electrons. The van der Waals surface area contributed by atoms with E-state index in [1.165, 1.54) is 0 Å². The SMILES string of the molecule is Nc1ccc(C(=O)OCc2cn3ccccc3n2)cc1. The summed E-state index contributed by atoms with van der Waals surface area (Å²) in [5.41, 5.74) is 8.19. The van der Waals surface area contributed by atoms with Gasteiger partial charge in [-0.25, -0.2) is 9.78 Å². The molecule has 100 valence electrons. The van der Waals surface area contributed by atoms with E-state index in [1.54, 1.807) is 24.3 Å². The van der Waals surface area contributed by atoms with Gasteiger partial charge in [-0.05, 0) is 36.4 Å². The Kier molecular flexibility index (Phi) is 3.09. The fourth-order valence-electron chi connectivity index (χ4n) is 1.90. The molecule has 2 aromatic heterocycles. The van der Waals surface area contributed by atoms with Gasteiger partial charge in [0.15, 0.2) is 0 Å². The Labute approximate surface area is 115 Å². The standard InChI is InChI=1S/C15H13N3O2/c16-12-6-4-11(5-7-12)15(19)20-10-13-9-18-8-2-1-3-14(18)17-13/h1-9H,10,16H2. The fourth-order valence-corrected chi connectivity index (χ4v) is 1.90. The number of nitrogens with two attached hydrogens (primary N) is 1. The minimum Gasteiger partial charge on any atom is -0.456 e. The van der Waals surface area contributed by atoms with Crippen molar-refractivity contribution in [1.29, 1.82) is 0 Å². The summed E-state index contributed by atoms with van der Waals surface area (Å²) in [7, 11) is 0. The fraction of sp³-hybridized carbons (Fsp3) is 0.0667. The normalized spacial score (nSPS) is 10.6. The van der Waals surface area contributed by atoms with E-state index in [0.717, 1.165) is 5.65 Å². The van der Waals surface area contributed by atoms with Gasteiger partial charge < -0.3 is 14.9 Å². The molecule has 0 atom stereocenters. The largest absolute Gasteiger partial charge is 0.456 e. The lowest BCUT2D eigenvalue weighted by Crippen LogP contribution is -2.05. The molecule has 0 aliphatic carbocycles. The van der Waals surface area contributed by atoms with Crippen LogP contribution in [0.1, 0.15) is 16.1 Å². The van der Waals surface area contributed by atoms with E-state index in [9.17, 15) is 4.79 Å². The second-order valence-corrected chi connectivity index (χ2v) is 4.40. The topological polar surface area (TPSA) is 69.6 Å². The van der Waals surface area contributed by atoms with Gasteiger partial charge in [-0.15, -0.1) is 0 Å². The highest BCUT2D eigenvalue weighted by atomic mass is 16.5. The summed E-state index contributed by atoms with van der Waals surface area (Å²) in [5, 5.41) is 0. The van der Waals surface area contributed by atoms with Crippen LogP contribution in [0.4, 0.5) is 5.69 Å². The minimum absolute atomic E-state index is 0.144. The van der Waals surface area contributed by atoms with Gasteiger partial charge >= 0.3 is 5.97 Å². The lowest BCUT2D eigenvalue weighted by atomic mass is 10.2. The van der Waals surface area contributed by atoms with Crippen molar-refractivity contribution in [3.8, 4) is 0 Å². The third-order valence-electron chi connectivity index (χ3n) is 2.91. The van der Waals surface area contributed by atoms with Crippen LogP contribution in [0, 0.1) is 0 Å². The Balaban J connectivity index is 1.69. The maximum absolute atomic E-state index is 11.8. The Hall–Kier alpha value is -2.82. The number of fused-ring (bicyclic) bond motifs is 1. The monoisotopic (exact) mass is 267 g/mol. The first-order valence-electron chi connectivity index (χ1n) is 6.18. The second-order valence-electron chi connectivity index (χ2n) is 4.40. The molecule has 3 aromatic rings. The lowest BCUT2D eigenvalue weighted by molar-refractivity contribution is 0.0468. The number of anilines is 1. The van der Waals surface area contributed by atoms with E-state index >= 15 is 0 Å². The van der Waals surface area contributed by atoms with Crippen LogP contribution in [-0.2, 0) is 11.3 Å². The van der Waals surface area contributed by atoms with Crippen molar-refractivity contribution in [2.75, 3.05) is 5.73 Å². The van der Waals surface area contributed by atoms with Crippen LogP contribution in [0.25, 0.3) is 5.65 Å². The van der Waals surface area contributed by atoms with Crippen LogP contribution in [-0.4, -0.2) is 15.4 Å². The van der Waals surface area contributed by atoms with Crippen molar-refractivity contribution in [3.63, 3.8) is 0 Å². The number of imidazole rings is 1. The Bertz CT molecular complexity index is 714. The van der Waals surface area contributed by atoms with Gasteiger partial charge in [0.05, 0.1) is 11.3 Å². The van der Waals surface area contributed by atoms with Crippen LogP contribution in [0.5, 0.6) is 0 Å². The van der Waals surface area contributed by atoms with Crippen LogP contribution >= 0.6 is 0 Å². The van der Waals surface area contributed by atoms with Gasteiger partial charge in [0, 0.05) is 18.1 Å². The first kappa shape index (κ1) is 12.2. The zero-order valence-electron chi connectivity index (χ0n) is 10.7. The predicted molar refractivity (Wildman–Crippen MR) is 75.2 cm³/mol. The van der Waals surface area contributed by atoms with E-state index in [1.807, 2.05) is 35.0 Å². The zero-order chi connectivity index (χ0) is 13.9. The molecule has 5 heteroatoms. The van der Waals surface area contributed by atoms with Crippen LogP contribution in [0.2, 0.25) is 0 Å². The van der Waals surface area contributed by atoms with Crippen molar-refractivity contribution in [1.82, 2.24) is 9.38 Å². The molecule has 0 amide bonds. The maximum Gasteiger partial charge on any atom is 0.338 e. The van der Waals surface area contributed by atoms with Crippen molar-refractivity contribution in [2.24, 2.45) is 0 Å². The quantitative estimate of drug-likeness (QED) is 0.584. The summed E-state index contributed by atoms with van der Waals surface area (Å²) < 4.78 is 7.11. The molecule has 3 rings (SSSR count). The number of nitrogen functional groups attached to an aromatic ring is 1. The molecule has 0 aliphatic heterocycles. The second kappa shape index (κ2) is 5.05. The molecule has 0 spiro atoms. The van der Waals surface area contributed by atoms with Crippen molar-refractivity contribution >= 4 is 17.3 Å². The molecule has 0 aliphatic rings. The average molecular weight is 267 g/mol. The molecule has 5 nitrogen and oxygen atoms in total. The Morgan fingerprint density at radius 1 is 1.20 bits per heavy atom. The van der Waals surface area contributed by atoms with Crippen LogP contribution in [0.15, 0.2) is 54.9 Å². The highest BCUT2D eigenvalue weighted by molar-refractivity contribution is 5.89. The summed E-state index contributed by atoms with van der Waals surface area (Å²) in [6.45, 7) is 0.144. The van der Waals surface area contributed by atoms with Gasteiger partial charge in [0.25, 0.3) is 0 Å². The molecular weight excluding hydrogens is 254 g/mol. The van der Waals surface area contributed by atoms with Crippen LogP contribution in [0.3, 0.4) is 0 Å². The molecule has 20 heavy (non-hydrogen) atoms. The van der Waals surface area contributed by atoms with Crippen molar-refractivity contribution < 1.29 is 9.53 Å². The number of carbonyl (C=O) groups excluding carboxylic acids is 1. The first-order valence-corrected chi connectivity index (χ1v) is 6.18. The van der Waals surface area contributed by atoms with Gasteiger partial charge in [0.1, 0.15) is 12.3 Å². The van der Waals surface area contributed by atoms with E-state index in [2.05, 4.69) is 4.98 Å². The zero-order valence-corrected chi connectivity index (χ0v) is 10.7. The first-order chi connectivity index (χ1) is 9.72. The summed E-state index contributed by atoms with van der Waals surface area (Å²) >= 11 is 0. The number of ether oxygens (including phenoxy) is 1. The highest BCUT2D eigenvalue weighted by Crippen LogP contribution is 2.10. The van der Waals surface area contributed by atoms with E-state index in [0.29, 0.717) is 16.9 Å². The van der Waals surface area contributed by atoms with E-state index in [-0.39, 0.29) is 12.6 Å². The molecular formula is C15H13N3O2. The van der Waals surface area contributed by atoms with E-state index in [4.69, 9.17) is 10.5 Å². The molecule has 0 fully saturated rings. The number of aromatic nitrogens is 2. The van der Waals surface area contributed by atoms with Gasteiger partial charge in [0.2, 0.25) is 0 Å². The molecule has 1 aromatic carbocycles. The maximum atomic E-state index is 11.8. The van der Waals surface area contributed by atoms with Gasteiger partial charge in [-0.3, -0.25) is 0 Å². The number of nitrogens with zero attached hydrogens (tertiary/aromatic N) is 2. The Morgan fingerprint density at radius 3 is 2.75 bits per heavy atom. The average Bonchev–Trinajstić information content (AvgIpc) is 2.88. The summed E-state index contributed by atoms with van der Waals surface area (Å²) in [6.07, 6.45) is 3.74. The number of hydrogen-bond donors (Lipinski definition) is 1. The number of hydrogen-bond acceptors (Lipinski definition) is 4. The van der Waals surface area contributed by atoms with Crippen molar-refractivity contribution in [3.05, 3.63) is 66.1 Å². The predicted octanol–water partition coefficient (Wildman–Crippen LogP) is 2.27. The minimum atomic E-state index is -0.387. The smallest absolute Gasteiger partial charge is 0.338 e. The third-order valence-corrected chi connectivity index (χ3v) is 2.91. The van der Waals surface area contributed by atoms with Crippen LogP contribution < -0.4 is 5.73 Å². The van der Waals surface area contributed by atoms with E-state index < -0.39 is 0 Å². The molecule has 0 bridgehead atoms. The molecule has 0 saturated heterocycles. The lowest BCUT2D eigenvalue weighted by Gasteiger charge is -2.02. The summed E-state index contributed by atoms with van der Waals surface area (Å²) in [6, 6.07) is 12.3. The molecule has 2 heterocycles. The van der Waals surface area contributed by atoms with Gasteiger partial charge in [-0.1, -0.05) is 6.07 Å². The highest BCUT2D eigenvalue weighted by Gasteiger charge is 2.08. The number of carbonyl (C=O) groups is 1. The summed E-state index contributed by atoms with van der Waals surface area (Å²) in [4.78, 5) is 16.2. The molecule has 2 N–H and O–H groups in total. The Morgan fingerprint density at radius 2 is 2.00 bits per heavy atom. The molecule has 0 saturated carbocycles. The van der Waals surface area contributed by atoms with Gasteiger partial charge in [-0.2, -0.15) is 0 Å². The summed E-state index contributed by atoms with van der Waals surface area (Å²) in [5.74, 6) is -0.387. The number of rotatable bonds is 3. The number of benzene rings is 1. The third kappa shape index (κ3) is 2.47. The molecule has 0 unspecified atom stereocenters. The number of pyridine rings is 1. The van der Waals surface area contributed by atoms with Crippen molar-refractivity contribution in [2.45, 2.75) is 6.61 Å². The number of esters is 1.